The van der Waals surface area contributed by atoms with Gasteiger partial charge in [0.2, 0.25) is 0 Å². The smallest absolute Gasteiger partial charge is 0.252 e. The molecule has 0 unspecified atom stereocenters. The van der Waals surface area contributed by atoms with Crippen LogP contribution in [-0.4, -0.2) is 39.0 Å². The molecule has 0 amide bonds. The van der Waals surface area contributed by atoms with Crippen LogP contribution < -0.4 is 0 Å². The highest BCUT2D eigenvalue weighted by atomic mass is 32.2. The third kappa shape index (κ3) is 2.15. The number of hydrogen-bond acceptors (Lipinski definition) is 4. The largest absolute Gasteiger partial charge is 0.383 e. The Morgan fingerprint density at radius 2 is 2.44 bits per heavy atom. The predicted octanol–water partition coefficient (Wildman–Crippen LogP) is 1.55. The summed E-state index contributed by atoms with van der Waals surface area (Å²) in [6, 6.07) is 3.42. The second-order valence-electron chi connectivity index (χ2n) is 3.80. The Morgan fingerprint density at radius 1 is 1.62 bits per heavy atom. The fraction of sp³-hybridized carbons (Fsp3) is 0.600. The SMILES string of the molecule is COC[C@@H]1CCCN1S(=O)(=O)c1cccs1. The van der Waals surface area contributed by atoms with Crippen LogP contribution in [0.1, 0.15) is 12.8 Å². The van der Waals surface area contributed by atoms with E-state index < -0.39 is 10.0 Å². The van der Waals surface area contributed by atoms with E-state index in [1.165, 1.54) is 11.3 Å². The van der Waals surface area contributed by atoms with Crippen LogP contribution >= 0.6 is 11.3 Å². The van der Waals surface area contributed by atoms with Crippen molar-refractivity contribution in [2.45, 2.75) is 23.1 Å². The Kier molecular flexibility index (Phi) is 3.63. The number of rotatable bonds is 4. The first-order chi connectivity index (χ1) is 7.66. The Bertz CT molecular complexity index is 427. The number of thiophene rings is 1. The molecule has 90 valence electrons. The minimum Gasteiger partial charge on any atom is -0.383 e. The fourth-order valence-corrected chi connectivity index (χ4v) is 4.81. The third-order valence-corrected chi connectivity index (χ3v) is 6.07. The maximum atomic E-state index is 12.3. The molecule has 0 bridgehead atoms. The van der Waals surface area contributed by atoms with E-state index in [0.717, 1.165) is 12.8 Å². The summed E-state index contributed by atoms with van der Waals surface area (Å²) in [4.78, 5) is 0. The van der Waals surface area contributed by atoms with Gasteiger partial charge in [-0.25, -0.2) is 8.42 Å². The van der Waals surface area contributed by atoms with Crippen molar-refractivity contribution in [3.8, 4) is 0 Å². The van der Waals surface area contributed by atoms with Crippen LogP contribution in [0.3, 0.4) is 0 Å². The van der Waals surface area contributed by atoms with Crippen molar-refractivity contribution >= 4 is 21.4 Å². The predicted molar refractivity (Wildman–Crippen MR) is 63.1 cm³/mol. The molecule has 1 fully saturated rings. The number of nitrogens with zero attached hydrogens (tertiary/aromatic N) is 1. The average molecular weight is 261 g/mol. The van der Waals surface area contributed by atoms with Crippen molar-refractivity contribution in [3.05, 3.63) is 17.5 Å². The Hall–Kier alpha value is -0.430. The summed E-state index contributed by atoms with van der Waals surface area (Å²) in [6.07, 6.45) is 1.80. The Morgan fingerprint density at radius 3 is 3.06 bits per heavy atom. The lowest BCUT2D eigenvalue weighted by atomic mass is 10.2. The van der Waals surface area contributed by atoms with Crippen molar-refractivity contribution in [1.29, 1.82) is 0 Å². The lowest BCUT2D eigenvalue weighted by molar-refractivity contribution is 0.149. The monoisotopic (exact) mass is 261 g/mol. The summed E-state index contributed by atoms with van der Waals surface area (Å²) in [6.45, 7) is 1.08. The molecule has 4 nitrogen and oxygen atoms in total. The molecule has 0 aliphatic carbocycles. The van der Waals surface area contributed by atoms with Gasteiger partial charge in [0, 0.05) is 19.7 Å². The highest BCUT2D eigenvalue weighted by molar-refractivity contribution is 7.91. The van der Waals surface area contributed by atoms with Gasteiger partial charge in [-0.05, 0) is 24.3 Å². The summed E-state index contributed by atoms with van der Waals surface area (Å²) in [5.74, 6) is 0. The minimum absolute atomic E-state index is 0.00269. The Labute approximate surface area is 99.9 Å². The minimum atomic E-state index is -3.29. The van der Waals surface area contributed by atoms with E-state index in [-0.39, 0.29) is 6.04 Å². The normalized spacial score (nSPS) is 22.7. The zero-order chi connectivity index (χ0) is 11.6. The summed E-state index contributed by atoms with van der Waals surface area (Å²) < 4.78 is 31.6. The maximum Gasteiger partial charge on any atom is 0.252 e. The molecule has 0 radical (unpaired) electrons. The van der Waals surface area contributed by atoms with E-state index in [4.69, 9.17) is 4.74 Å². The Balaban J connectivity index is 2.24. The van der Waals surface area contributed by atoms with Crippen LogP contribution in [0.2, 0.25) is 0 Å². The second-order valence-corrected chi connectivity index (χ2v) is 6.86. The lowest BCUT2D eigenvalue weighted by Crippen LogP contribution is -2.37. The van der Waals surface area contributed by atoms with E-state index >= 15 is 0 Å². The number of methoxy groups -OCH3 is 1. The lowest BCUT2D eigenvalue weighted by Gasteiger charge is -2.22. The van der Waals surface area contributed by atoms with Gasteiger partial charge in [-0.1, -0.05) is 6.07 Å². The summed E-state index contributed by atoms with van der Waals surface area (Å²) in [5.41, 5.74) is 0. The van der Waals surface area contributed by atoms with Gasteiger partial charge in [-0.15, -0.1) is 11.3 Å². The molecule has 1 atom stereocenters. The van der Waals surface area contributed by atoms with Gasteiger partial charge < -0.3 is 4.74 Å². The van der Waals surface area contributed by atoms with Crippen molar-refractivity contribution in [2.75, 3.05) is 20.3 Å². The molecule has 1 saturated heterocycles. The van der Waals surface area contributed by atoms with Gasteiger partial charge >= 0.3 is 0 Å². The number of hydrogen-bond donors (Lipinski definition) is 0. The molecule has 2 heterocycles. The van der Waals surface area contributed by atoms with Gasteiger partial charge in [-0.3, -0.25) is 0 Å². The molecule has 0 N–H and O–H groups in total. The molecule has 0 aromatic carbocycles. The molecule has 1 aliphatic heterocycles. The van der Waals surface area contributed by atoms with Crippen LogP contribution in [0.15, 0.2) is 21.7 Å². The molecule has 6 heteroatoms. The zero-order valence-electron chi connectivity index (χ0n) is 9.13. The van der Waals surface area contributed by atoms with Crippen LogP contribution in [0, 0.1) is 0 Å². The van der Waals surface area contributed by atoms with Crippen molar-refractivity contribution in [2.24, 2.45) is 0 Å². The van der Waals surface area contributed by atoms with Crippen LogP contribution in [0.5, 0.6) is 0 Å². The standard InChI is InChI=1S/C10H15NO3S2/c1-14-8-9-4-2-6-11(9)16(12,13)10-5-3-7-15-10/h3,5,7,9H,2,4,6,8H2,1H3/t9-/m0/s1. The van der Waals surface area contributed by atoms with E-state index in [0.29, 0.717) is 17.4 Å². The van der Waals surface area contributed by atoms with Gasteiger partial charge in [0.15, 0.2) is 0 Å². The molecule has 0 spiro atoms. The van der Waals surface area contributed by atoms with Crippen molar-refractivity contribution in [1.82, 2.24) is 4.31 Å². The first-order valence-electron chi connectivity index (χ1n) is 5.20. The summed E-state index contributed by atoms with van der Waals surface area (Å²) in [7, 11) is -1.69. The van der Waals surface area contributed by atoms with Crippen molar-refractivity contribution < 1.29 is 13.2 Å². The highest BCUT2D eigenvalue weighted by Crippen LogP contribution is 2.28. The first kappa shape index (κ1) is 12.0. The molecule has 0 saturated carbocycles. The highest BCUT2D eigenvalue weighted by Gasteiger charge is 2.35. The topological polar surface area (TPSA) is 46.6 Å². The van der Waals surface area contributed by atoms with Gasteiger partial charge in [-0.2, -0.15) is 4.31 Å². The van der Waals surface area contributed by atoms with Crippen LogP contribution in [-0.2, 0) is 14.8 Å². The first-order valence-corrected chi connectivity index (χ1v) is 7.52. The van der Waals surface area contributed by atoms with Gasteiger partial charge in [0.1, 0.15) is 4.21 Å². The molecular weight excluding hydrogens is 246 g/mol. The molecule has 2 rings (SSSR count). The molecular formula is C10H15NO3S2. The number of ether oxygens (including phenoxy) is 1. The summed E-state index contributed by atoms with van der Waals surface area (Å²) >= 11 is 1.27. The van der Waals surface area contributed by atoms with Gasteiger partial charge in [0.25, 0.3) is 10.0 Å². The zero-order valence-corrected chi connectivity index (χ0v) is 10.8. The molecule has 16 heavy (non-hydrogen) atoms. The van der Waals surface area contributed by atoms with E-state index in [1.807, 2.05) is 0 Å². The van der Waals surface area contributed by atoms with Crippen LogP contribution in [0.25, 0.3) is 0 Å². The quantitative estimate of drug-likeness (QED) is 0.826. The molecule has 1 aliphatic rings. The average Bonchev–Trinajstić information content (AvgIpc) is 2.88. The molecule has 1 aromatic heterocycles. The van der Waals surface area contributed by atoms with Crippen molar-refractivity contribution in [3.63, 3.8) is 0 Å². The van der Waals surface area contributed by atoms with Gasteiger partial charge in [0.05, 0.1) is 6.61 Å². The fourth-order valence-electron chi connectivity index (χ4n) is 2.01. The third-order valence-electron chi connectivity index (χ3n) is 2.74. The molecule has 1 aromatic rings. The van der Waals surface area contributed by atoms with E-state index in [2.05, 4.69) is 0 Å². The van der Waals surface area contributed by atoms with E-state index in [9.17, 15) is 8.42 Å². The number of sulfonamides is 1. The summed E-state index contributed by atoms with van der Waals surface area (Å²) in [5, 5.41) is 1.79. The second kappa shape index (κ2) is 4.83. The van der Waals surface area contributed by atoms with Crippen LogP contribution in [0.4, 0.5) is 0 Å². The van der Waals surface area contributed by atoms with E-state index in [1.54, 1.807) is 28.9 Å². The maximum absolute atomic E-state index is 12.3.